The lowest BCUT2D eigenvalue weighted by Crippen LogP contribution is -2.60. The average Bonchev–Trinajstić information content (AvgIpc) is 3.14. The van der Waals surface area contributed by atoms with Crippen LogP contribution < -0.4 is 9.47 Å². The van der Waals surface area contributed by atoms with Crippen LogP contribution in [0.3, 0.4) is 0 Å². The molecule has 1 unspecified atom stereocenters. The van der Waals surface area contributed by atoms with Crippen molar-refractivity contribution in [2.45, 2.75) is 97.3 Å². The van der Waals surface area contributed by atoms with Crippen LogP contribution in [-0.2, 0) is 31.5 Å². The summed E-state index contributed by atoms with van der Waals surface area (Å²) in [5.74, 6) is -1.06. The largest absolute Gasteiger partial charge is 0.534 e. The molecule has 0 saturated carbocycles. The van der Waals surface area contributed by atoms with E-state index in [2.05, 4.69) is 58.9 Å². The molecule has 0 spiro atoms. The minimum atomic E-state index is -3.09. The minimum Gasteiger partial charge on any atom is -0.493 e. The number of nitro benzene ring substituents is 1. The van der Waals surface area contributed by atoms with Gasteiger partial charge >= 0.3 is 15.0 Å². The van der Waals surface area contributed by atoms with Gasteiger partial charge in [-0.05, 0) is 78.3 Å². The van der Waals surface area contributed by atoms with Gasteiger partial charge in [0, 0.05) is 18.9 Å². The normalized spacial score (nSPS) is 15.3. The molecule has 1 aromatic carbocycles. The zero-order chi connectivity index (χ0) is 33.7. The minimum absolute atomic E-state index is 0.00254. The fourth-order valence-corrected chi connectivity index (χ4v) is 19.0. The Morgan fingerprint density at radius 2 is 1.41 bits per heavy atom. The van der Waals surface area contributed by atoms with Crippen molar-refractivity contribution in [3.63, 3.8) is 0 Å². The van der Waals surface area contributed by atoms with E-state index in [0.717, 1.165) is 0 Å². The van der Waals surface area contributed by atoms with E-state index in [-0.39, 0.29) is 42.2 Å². The van der Waals surface area contributed by atoms with Crippen molar-refractivity contribution < 1.29 is 50.7 Å². The maximum Gasteiger partial charge on any atom is 0.534 e. The number of carbonyl (C=O) groups is 3. The first-order valence-electron chi connectivity index (χ1n) is 14.4. The van der Waals surface area contributed by atoms with E-state index in [1.54, 1.807) is 0 Å². The van der Waals surface area contributed by atoms with Crippen molar-refractivity contribution >= 4 is 57.4 Å². The summed E-state index contributed by atoms with van der Waals surface area (Å²) < 4.78 is 36.6. The highest BCUT2D eigenvalue weighted by Crippen LogP contribution is 2.39. The summed E-state index contributed by atoms with van der Waals surface area (Å²) in [6.07, 6.45) is -2.22. The van der Waals surface area contributed by atoms with Crippen LogP contribution in [0.5, 0.6) is 11.5 Å². The second kappa shape index (κ2) is 14.6. The van der Waals surface area contributed by atoms with Crippen molar-refractivity contribution in [3.05, 3.63) is 27.8 Å². The highest BCUT2D eigenvalue weighted by molar-refractivity contribution is 6.90. The molecule has 18 heteroatoms. The Morgan fingerprint density at radius 3 is 1.84 bits per heavy atom. The Morgan fingerprint density at radius 1 is 0.909 bits per heavy atom. The highest BCUT2D eigenvalue weighted by Gasteiger charge is 2.49. The van der Waals surface area contributed by atoms with Crippen molar-refractivity contribution in [2.75, 3.05) is 13.7 Å². The molecule has 1 aromatic rings. The van der Waals surface area contributed by atoms with Crippen molar-refractivity contribution in [1.29, 1.82) is 0 Å². The number of rotatable bonds is 16. The number of methoxy groups -OCH3 is 1. The van der Waals surface area contributed by atoms with Crippen LogP contribution in [0.25, 0.3) is 0 Å². The smallest absolute Gasteiger partial charge is 0.493 e. The van der Waals surface area contributed by atoms with Crippen molar-refractivity contribution in [3.8, 4) is 11.5 Å². The third-order valence-corrected chi connectivity index (χ3v) is 17.7. The summed E-state index contributed by atoms with van der Waals surface area (Å²) in [5.41, 5.74) is -0.387. The van der Waals surface area contributed by atoms with E-state index in [0.29, 0.717) is 17.5 Å². The maximum absolute atomic E-state index is 12.3. The zero-order valence-electron chi connectivity index (χ0n) is 27.6. The first-order valence-corrected chi connectivity index (χ1v) is 26.5. The number of hydrogen-bond acceptors (Lipinski definition) is 12. The number of carbonyl (C=O) groups excluding carboxylic acids is 3. The second-order valence-electron chi connectivity index (χ2n) is 13.3. The molecule has 1 heterocycles. The molecule has 1 fully saturated rings. The molecule has 0 bridgehead atoms. The molecule has 0 N–H and O–H groups in total. The van der Waals surface area contributed by atoms with Crippen molar-refractivity contribution in [1.82, 2.24) is 5.06 Å². The highest BCUT2D eigenvalue weighted by atomic mass is 28.5. The molecule has 2 rings (SSSR count). The molecular weight excluding hydrogens is 645 g/mol. The molecule has 1 atom stereocenters. The molecule has 1 aliphatic rings. The van der Waals surface area contributed by atoms with Crippen LogP contribution in [0.4, 0.5) is 10.5 Å². The van der Waals surface area contributed by atoms with Crippen LogP contribution in [0.1, 0.15) is 37.9 Å². The number of nitro groups is 1. The molecule has 1 aliphatic heterocycles. The van der Waals surface area contributed by atoms with E-state index in [1.807, 2.05) is 0 Å². The van der Waals surface area contributed by atoms with Gasteiger partial charge in [0.2, 0.25) is 0 Å². The number of hydrogen-bond donors (Lipinski definition) is 0. The predicted octanol–water partition coefficient (Wildman–Crippen LogP) is 6.14. The lowest BCUT2D eigenvalue weighted by atomic mass is 10.1. The van der Waals surface area contributed by atoms with E-state index in [1.165, 1.54) is 26.2 Å². The summed E-state index contributed by atoms with van der Waals surface area (Å²) in [6, 6.07) is 3.06. The number of amides is 2. The first-order chi connectivity index (χ1) is 20.0. The van der Waals surface area contributed by atoms with Gasteiger partial charge in [-0.1, -0.05) is 5.06 Å². The summed E-state index contributed by atoms with van der Waals surface area (Å²) in [7, 11) is -7.89. The van der Waals surface area contributed by atoms with Gasteiger partial charge in [-0.25, -0.2) is 4.79 Å². The Labute approximate surface area is 263 Å². The summed E-state index contributed by atoms with van der Waals surface area (Å²) >= 11 is 0. The Balaban J connectivity index is 2.24. The molecule has 0 aromatic heterocycles. The lowest BCUT2D eigenvalue weighted by Gasteiger charge is -2.42. The van der Waals surface area contributed by atoms with Gasteiger partial charge < -0.3 is 26.6 Å². The van der Waals surface area contributed by atoms with Crippen LogP contribution in [0.2, 0.25) is 65.0 Å². The van der Waals surface area contributed by atoms with Gasteiger partial charge in [0.15, 0.2) is 36.5 Å². The molecular formula is C26H46N2O12Si4. The number of benzene rings is 1. The molecule has 0 radical (unpaired) electrons. The van der Waals surface area contributed by atoms with Gasteiger partial charge in [-0.2, -0.15) is 0 Å². The van der Waals surface area contributed by atoms with E-state index < -0.39 is 62.8 Å². The monoisotopic (exact) mass is 690 g/mol. The van der Waals surface area contributed by atoms with Crippen LogP contribution in [0, 0.1) is 10.1 Å². The van der Waals surface area contributed by atoms with Gasteiger partial charge in [0.1, 0.15) is 6.10 Å². The van der Waals surface area contributed by atoms with Gasteiger partial charge in [0.25, 0.3) is 17.5 Å². The third-order valence-electron chi connectivity index (χ3n) is 5.66. The number of imide groups is 1. The number of hydroxylamine groups is 2. The molecule has 248 valence electrons. The Hall–Kier alpha value is -2.62. The van der Waals surface area contributed by atoms with Gasteiger partial charge in [-0.15, -0.1) is 0 Å². The van der Waals surface area contributed by atoms with E-state index in [9.17, 15) is 24.5 Å². The van der Waals surface area contributed by atoms with E-state index >= 15 is 0 Å². The van der Waals surface area contributed by atoms with Crippen LogP contribution >= 0.6 is 0 Å². The molecule has 1 saturated heterocycles. The Bertz CT molecular complexity index is 1170. The lowest BCUT2D eigenvalue weighted by molar-refractivity contribution is -0.386. The van der Waals surface area contributed by atoms with E-state index in [4.69, 9.17) is 31.4 Å². The van der Waals surface area contributed by atoms with Crippen LogP contribution in [-0.4, -0.2) is 75.4 Å². The first kappa shape index (κ1) is 37.6. The summed E-state index contributed by atoms with van der Waals surface area (Å²) in [6.45, 7) is 20.5. The number of ether oxygens (including phenoxy) is 3. The number of nitrogens with zero attached hydrogens (tertiary/aromatic N) is 2. The fraction of sp³-hybridized carbons (Fsp3) is 0.654. The zero-order valence-corrected chi connectivity index (χ0v) is 31.6. The standard InChI is InChI=1S/C26H46N2O12Si4/c1-19(36-26(31)37-27-24(29)13-14-25(27)30)20-17-22(34-2)23(18-21(20)28(32)33)35-15-12-16-44(38-41(3,4)5,39-42(6,7)8)40-43(9,10)11/h17-19H,12-16H2,1-11H3. The third kappa shape index (κ3) is 11.7. The maximum atomic E-state index is 12.3. The van der Waals surface area contributed by atoms with Gasteiger partial charge in [-0.3, -0.25) is 24.5 Å². The Kier molecular flexibility index (Phi) is 12.5. The fourth-order valence-electron chi connectivity index (χ4n) is 4.37. The van der Waals surface area contributed by atoms with Crippen LogP contribution in [0.15, 0.2) is 12.1 Å². The molecule has 44 heavy (non-hydrogen) atoms. The molecule has 14 nitrogen and oxygen atoms in total. The SMILES string of the molecule is COc1cc(C(C)OC(=O)ON2C(=O)CCC2=O)c([N+](=O)[O-])cc1OCCC[Si](O[Si](C)(C)C)(O[Si](C)(C)C)O[Si](C)(C)C. The second-order valence-corrected chi connectivity index (χ2v) is 30.3. The summed E-state index contributed by atoms with van der Waals surface area (Å²) in [4.78, 5) is 51.8. The molecule has 0 aliphatic carbocycles. The molecule has 2 amide bonds. The van der Waals surface area contributed by atoms with Gasteiger partial charge in [0.05, 0.1) is 30.3 Å². The topological polar surface area (TPSA) is 162 Å². The predicted molar refractivity (Wildman–Crippen MR) is 171 cm³/mol. The van der Waals surface area contributed by atoms with Crippen molar-refractivity contribution in [2.24, 2.45) is 0 Å². The average molecular weight is 691 g/mol. The summed E-state index contributed by atoms with van der Waals surface area (Å²) in [5, 5.41) is 12.3. The quantitative estimate of drug-likeness (QED) is 0.0487.